The molecule has 0 amide bonds. The second-order valence-electron chi connectivity index (χ2n) is 7.30. The van der Waals surface area contributed by atoms with Gasteiger partial charge in [0.05, 0.1) is 6.10 Å². The van der Waals surface area contributed by atoms with Crippen LogP contribution in [0.1, 0.15) is 39.5 Å². The number of aliphatic hydroxyl groups is 1. The summed E-state index contributed by atoms with van der Waals surface area (Å²) in [6.07, 6.45) is 4.74. The van der Waals surface area contributed by atoms with Crippen LogP contribution < -0.4 is 0 Å². The van der Waals surface area contributed by atoms with Gasteiger partial charge in [-0.25, -0.2) is 0 Å². The molecule has 0 spiro atoms. The smallest absolute Gasteiger partial charge is 0.0700 e. The Morgan fingerprint density at radius 1 is 1.16 bits per heavy atom. The van der Waals surface area contributed by atoms with Gasteiger partial charge in [0.1, 0.15) is 0 Å². The summed E-state index contributed by atoms with van der Waals surface area (Å²) in [6, 6.07) is 0.371. The van der Waals surface area contributed by atoms with Crippen LogP contribution >= 0.6 is 0 Å². The van der Waals surface area contributed by atoms with Crippen molar-refractivity contribution in [2.75, 3.05) is 33.7 Å². The van der Waals surface area contributed by atoms with E-state index >= 15 is 0 Å². The highest BCUT2D eigenvalue weighted by Gasteiger charge is 2.36. The third kappa shape index (κ3) is 3.93. The average Bonchev–Trinajstić information content (AvgIpc) is 2.30. The van der Waals surface area contributed by atoms with Crippen molar-refractivity contribution in [1.82, 2.24) is 9.80 Å². The Morgan fingerprint density at radius 3 is 2.37 bits per heavy atom. The fourth-order valence-electron chi connectivity index (χ4n) is 4.30. The average molecular weight is 268 g/mol. The molecular weight excluding hydrogens is 236 g/mol. The molecule has 4 atom stereocenters. The number of likely N-dealkylation sites (N-methyl/N-ethyl adjacent to an activating group) is 1. The van der Waals surface area contributed by atoms with Crippen LogP contribution in [-0.2, 0) is 0 Å². The van der Waals surface area contributed by atoms with Crippen LogP contribution in [-0.4, -0.2) is 60.8 Å². The fraction of sp³-hybridized carbons (Fsp3) is 1.00. The summed E-state index contributed by atoms with van der Waals surface area (Å²) in [5.41, 5.74) is 0. The first-order chi connectivity index (χ1) is 8.97. The van der Waals surface area contributed by atoms with Crippen LogP contribution in [0.25, 0.3) is 0 Å². The molecule has 2 aliphatic rings. The number of hydrogen-bond acceptors (Lipinski definition) is 3. The highest BCUT2D eigenvalue weighted by atomic mass is 16.3. The Hall–Kier alpha value is -0.120. The molecule has 0 aromatic heterocycles. The maximum atomic E-state index is 10.4. The van der Waals surface area contributed by atoms with Crippen molar-refractivity contribution in [2.24, 2.45) is 17.8 Å². The van der Waals surface area contributed by atoms with Crippen LogP contribution in [0.3, 0.4) is 0 Å². The standard InChI is InChI=1S/C16H32N2O/c1-12-9-13(2)16(15(19)10-12)18(4)11-14-5-7-17(3)8-6-14/h12-16,19H,5-11H2,1-4H3. The third-order valence-corrected chi connectivity index (χ3v) is 5.29. The van der Waals surface area contributed by atoms with Gasteiger partial charge in [0, 0.05) is 12.6 Å². The maximum absolute atomic E-state index is 10.4. The summed E-state index contributed by atoms with van der Waals surface area (Å²) in [7, 11) is 4.44. The molecule has 1 N–H and O–H groups in total. The molecule has 1 saturated carbocycles. The SMILES string of the molecule is CC1CC(C)C(N(C)CC2CCN(C)CC2)C(O)C1. The molecule has 112 valence electrons. The van der Waals surface area contributed by atoms with E-state index in [0.29, 0.717) is 17.9 Å². The zero-order valence-corrected chi connectivity index (χ0v) is 13.2. The van der Waals surface area contributed by atoms with E-state index in [1.54, 1.807) is 0 Å². The number of rotatable bonds is 3. The highest BCUT2D eigenvalue weighted by molar-refractivity contribution is 4.89. The Morgan fingerprint density at radius 2 is 1.79 bits per heavy atom. The molecule has 3 nitrogen and oxygen atoms in total. The van der Waals surface area contributed by atoms with Gasteiger partial charge >= 0.3 is 0 Å². The van der Waals surface area contributed by atoms with Crippen LogP contribution in [0.2, 0.25) is 0 Å². The normalized spacial score (nSPS) is 38.8. The molecule has 19 heavy (non-hydrogen) atoms. The van der Waals surface area contributed by atoms with Crippen molar-refractivity contribution in [3.63, 3.8) is 0 Å². The molecule has 0 radical (unpaired) electrons. The predicted octanol–water partition coefficient (Wildman–Crippen LogP) is 2.06. The number of piperidine rings is 1. The number of hydrogen-bond donors (Lipinski definition) is 1. The lowest BCUT2D eigenvalue weighted by Gasteiger charge is -2.44. The van der Waals surface area contributed by atoms with E-state index in [4.69, 9.17) is 0 Å². The molecule has 1 saturated heterocycles. The molecule has 0 aromatic carbocycles. The van der Waals surface area contributed by atoms with Gasteiger partial charge in [-0.05, 0) is 70.6 Å². The Kier molecular flexibility index (Phi) is 5.27. The Labute approximate surface area is 119 Å². The van der Waals surface area contributed by atoms with E-state index in [0.717, 1.165) is 18.9 Å². The van der Waals surface area contributed by atoms with Gasteiger partial charge in [0.25, 0.3) is 0 Å². The molecule has 4 unspecified atom stereocenters. The van der Waals surface area contributed by atoms with Crippen LogP contribution in [0, 0.1) is 17.8 Å². The van der Waals surface area contributed by atoms with Crippen LogP contribution in [0.4, 0.5) is 0 Å². The second-order valence-corrected chi connectivity index (χ2v) is 7.30. The largest absolute Gasteiger partial charge is 0.391 e. The van der Waals surface area contributed by atoms with Crippen molar-refractivity contribution in [3.8, 4) is 0 Å². The summed E-state index contributed by atoms with van der Waals surface area (Å²) in [4.78, 5) is 4.88. The molecule has 1 aliphatic heterocycles. The molecular formula is C16H32N2O. The minimum atomic E-state index is -0.130. The van der Waals surface area contributed by atoms with E-state index in [9.17, 15) is 5.11 Å². The highest BCUT2D eigenvalue weighted by Crippen LogP contribution is 2.32. The van der Waals surface area contributed by atoms with Crippen molar-refractivity contribution < 1.29 is 5.11 Å². The molecule has 0 bridgehead atoms. The summed E-state index contributed by atoms with van der Waals surface area (Å²) in [5, 5.41) is 10.4. The molecule has 1 aliphatic carbocycles. The lowest BCUT2D eigenvalue weighted by Crippen LogP contribution is -2.51. The van der Waals surface area contributed by atoms with Gasteiger partial charge in [-0.15, -0.1) is 0 Å². The number of aliphatic hydroxyl groups excluding tert-OH is 1. The topological polar surface area (TPSA) is 26.7 Å². The van der Waals surface area contributed by atoms with E-state index in [1.807, 2.05) is 0 Å². The summed E-state index contributed by atoms with van der Waals surface area (Å²) in [6.45, 7) is 8.21. The van der Waals surface area contributed by atoms with Crippen LogP contribution in [0.5, 0.6) is 0 Å². The number of nitrogens with zero attached hydrogens (tertiary/aromatic N) is 2. The summed E-state index contributed by atoms with van der Waals surface area (Å²) >= 11 is 0. The van der Waals surface area contributed by atoms with Crippen LogP contribution in [0.15, 0.2) is 0 Å². The van der Waals surface area contributed by atoms with Gasteiger partial charge in [-0.3, -0.25) is 0 Å². The zero-order valence-electron chi connectivity index (χ0n) is 13.2. The predicted molar refractivity (Wildman–Crippen MR) is 80.2 cm³/mol. The maximum Gasteiger partial charge on any atom is 0.0700 e. The third-order valence-electron chi connectivity index (χ3n) is 5.29. The van der Waals surface area contributed by atoms with Gasteiger partial charge in [-0.2, -0.15) is 0 Å². The molecule has 3 heteroatoms. The first-order valence-electron chi connectivity index (χ1n) is 8.04. The van der Waals surface area contributed by atoms with E-state index in [1.165, 1.54) is 32.4 Å². The van der Waals surface area contributed by atoms with Gasteiger partial charge in [0.2, 0.25) is 0 Å². The minimum absolute atomic E-state index is 0.130. The number of likely N-dealkylation sites (tertiary alicyclic amines) is 1. The second kappa shape index (κ2) is 6.55. The lowest BCUT2D eigenvalue weighted by atomic mass is 9.77. The van der Waals surface area contributed by atoms with E-state index in [-0.39, 0.29) is 6.10 Å². The Bertz CT molecular complexity index is 264. The summed E-state index contributed by atoms with van der Waals surface area (Å²) in [5.74, 6) is 2.12. The minimum Gasteiger partial charge on any atom is -0.391 e. The fourth-order valence-corrected chi connectivity index (χ4v) is 4.30. The first-order valence-corrected chi connectivity index (χ1v) is 8.04. The molecule has 0 aromatic rings. The first kappa shape index (κ1) is 15.3. The van der Waals surface area contributed by atoms with Gasteiger partial charge < -0.3 is 14.9 Å². The lowest BCUT2D eigenvalue weighted by molar-refractivity contribution is -0.0217. The quantitative estimate of drug-likeness (QED) is 0.849. The molecule has 2 fully saturated rings. The zero-order chi connectivity index (χ0) is 14.0. The van der Waals surface area contributed by atoms with E-state index < -0.39 is 0 Å². The van der Waals surface area contributed by atoms with E-state index in [2.05, 4.69) is 37.7 Å². The molecule has 2 rings (SSSR count). The van der Waals surface area contributed by atoms with Crippen molar-refractivity contribution in [1.29, 1.82) is 0 Å². The molecule has 1 heterocycles. The Balaban J connectivity index is 1.86. The van der Waals surface area contributed by atoms with Crippen molar-refractivity contribution in [2.45, 2.75) is 51.7 Å². The summed E-state index contributed by atoms with van der Waals surface area (Å²) < 4.78 is 0. The van der Waals surface area contributed by atoms with Crippen molar-refractivity contribution >= 4 is 0 Å². The van der Waals surface area contributed by atoms with Gasteiger partial charge in [-0.1, -0.05) is 13.8 Å². The van der Waals surface area contributed by atoms with Gasteiger partial charge in [0.15, 0.2) is 0 Å². The monoisotopic (exact) mass is 268 g/mol. The van der Waals surface area contributed by atoms with Crippen molar-refractivity contribution in [3.05, 3.63) is 0 Å².